The molecule has 0 aliphatic rings. The van der Waals surface area contributed by atoms with Gasteiger partial charge < -0.3 is 15.8 Å². The van der Waals surface area contributed by atoms with E-state index in [0.29, 0.717) is 16.8 Å². The van der Waals surface area contributed by atoms with Crippen LogP contribution in [0.3, 0.4) is 0 Å². The standard InChI is InChI=1S/C15H14IN3O2/c1-19(15(20)11-5-2-6-12(16)8-11)13-7-3-4-10(9-13)14(17)18-21/h2-9,21H,1H3,(H2,17,18). The van der Waals surface area contributed by atoms with Crippen LogP contribution in [0.2, 0.25) is 0 Å². The molecule has 0 radical (unpaired) electrons. The van der Waals surface area contributed by atoms with Crippen LogP contribution < -0.4 is 10.6 Å². The molecule has 2 rings (SSSR count). The molecule has 0 saturated heterocycles. The first-order chi connectivity index (χ1) is 10.0. The zero-order valence-corrected chi connectivity index (χ0v) is 13.5. The lowest BCUT2D eigenvalue weighted by atomic mass is 10.1. The Kier molecular flexibility index (Phi) is 4.79. The smallest absolute Gasteiger partial charge is 0.258 e. The highest BCUT2D eigenvalue weighted by atomic mass is 127. The lowest BCUT2D eigenvalue weighted by Gasteiger charge is -2.18. The zero-order chi connectivity index (χ0) is 15.4. The number of nitrogens with zero attached hydrogens (tertiary/aromatic N) is 2. The highest BCUT2D eigenvalue weighted by Gasteiger charge is 2.14. The number of rotatable bonds is 3. The van der Waals surface area contributed by atoms with Gasteiger partial charge in [0, 0.05) is 27.4 Å². The van der Waals surface area contributed by atoms with Gasteiger partial charge in [0.1, 0.15) is 0 Å². The van der Waals surface area contributed by atoms with Crippen molar-refractivity contribution in [1.82, 2.24) is 0 Å². The van der Waals surface area contributed by atoms with Gasteiger partial charge >= 0.3 is 0 Å². The lowest BCUT2D eigenvalue weighted by Crippen LogP contribution is -2.26. The van der Waals surface area contributed by atoms with Crippen LogP contribution >= 0.6 is 22.6 Å². The fourth-order valence-corrected chi connectivity index (χ4v) is 2.41. The number of hydrogen-bond donors (Lipinski definition) is 2. The van der Waals surface area contributed by atoms with E-state index in [1.54, 1.807) is 37.4 Å². The molecule has 21 heavy (non-hydrogen) atoms. The molecule has 0 heterocycles. The second-order valence-electron chi connectivity index (χ2n) is 4.41. The number of halogens is 1. The molecule has 0 unspecified atom stereocenters. The number of nitrogens with two attached hydrogens (primary N) is 1. The van der Waals surface area contributed by atoms with Crippen LogP contribution in [0.25, 0.3) is 0 Å². The van der Waals surface area contributed by atoms with E-state index in [9.17, 15) is 4.79 Å². The summed E-state index contributed by atoms with van der Waals surface area (Å²) in [6, 6.07) is 14.3. The van der Waals surface area contributed by atoms with Gasteiger partial charge in [-0.25, -0.2) is 0 Å². The molecule has 6 heteroatoms. The topological polar surface area (TPSA) is 78.9 Å². The van der Waals surface area contributed by atoms with Crippen molar-refractivity contribution in [2.24, 2.45) is 10.9 Å². The van der Waals surface area contributed by atoms with Crippen molar-refractivity contribution in [3.8, 4) is 0 Å². The maximum atomic E-state index is 12.5. The Hall–Kier alpha value is -2.09. The zero-order valence-electron chi connectivity index (χ0n) is 11.3. The fourth-order valence-electron chi connectivity index (χ4n) is 1.86. The normalized spacial score (nSPS) is 11.2. The Bertz CT molecular complexity index is 701. The van der Waals surface area contributed by atoms with Crippen LogP contribution in [-0.4, -0.2) is 24.0 Å². The number of oxime groups is 1. The minimum absolute atomic E-state index is 0.00644. The summed E-state index contributed by atoms with van der Waals surface area (Å²) in [6.45, 7) is 0. The van der Waals surface area contributed by atoms with E-state index in [-0.39, 0.29) is 11.7 Å². The summed E-state index contributed by atoms with van der Waals surface area (Å²) in [5.41, 5.74) is 7.40. The molecule has 0 atom stereocenters. The van der Waals surface area contributed by atoms with Gasteiger partial charge in [0.05, 0.1) is 0 Å². The molecular weight excluding hydrogens is 381 g/mol. The van der Waals surface area contributed by atoms with Gasteiger partial charge in [-0.1, -0.05) is 23.4 Å². The molecule has 2 aromatic carbocycles. The Morgan fingerprint density at radius 3 is 2.52 bits per heavy atom. The highest BCUT2D eigenvalue weighted by Crippen LogP contribution is 2.18. The number of amides is 1. The van der Waals surface area contributed by atoms with Crippen molar-refractivity contribution in [3.63, 3.8) is 0 Å². The van der Waals surface area contributed by atoms with Crippen molar-refractivity contribution in [3.05, 3.63) is 63.2 Å². The lowest BCUT2D eigenvalue weighted by molar-refractivity contribution is 0.0993. The molecular formula is C15H14IN3O2. The van der Waals surface area contributed by atoms with Crippen molar-refractivity contribution in [1.29, 1.82) is 0 Å². The summed E-state index contributed by atoms with van der Waals surface area (Å²) in [6.07, 6.45) is 0. The van der Waals surface area contributed by atoms with Crippen LogP contribution in [0.15, 0.2) is 53.7 Å². The molecule has 0 spiro atoms. The van der Waals surface area contributed by atoms with Gasteiger partial charge in [-0.2, -0.15) is 0 Å². The third-order valence-corrected chi connectivity index (χ3v) is 3.68. The van der Waals surface area contributed by atoms with Crippen molar-refractivity contribution >= 4 is 40.0 Å². The van der Waals surface area contributed by atoms with Gasteiger partial charge in [0.15, 0.2) is 5.84 Å². The number of hydrogen-bond acceptors (Lipinski definition) is 3. The Labute approximate surface area is 136 Å². The largest absolute Gasteiger partial charge is 0.409 e. The van der Waals surface area contributed by atoms with Gasteiger partial charge in [-0.3, -0.25) is 4.79 Å². The summed E-state index contributed by atoms with van der Waals surface area (Å²) in [5, 5.41) is 11.7. The summed E-state index contributed by atoms with van der Waals surface area (Å²) < 4.78 is 0.997. The number of amidine groups is 1. The molecule has 0 saturated carbocycles. The highest BCUT2D eigenvalue weighted by molar-refractivity contribution is 14.1. The molecule has 1 amide bonds. The summed E-state index contributed by atoms with van der Waals surface area (Å²) >= 11 is 2.17. The third-order valence-electron chi connectivity index (χ3n) is 3.01. The van der Waals surface area contributed by atoms with Crippen molar-refractivity contribution in [2.45, 2.75) is 0 Å². The van der Waals surface area contributed by atoms with Crippen molar-refractivity contribution in [2.75, 3.05) is 11.9 Å². The van der Waals surface area contributed by atoms with Crippen LogP contribution in [0.1, 0.15) is 15.9 Å². The summed E-state index contributed by atoms with van der Waals surface area (Å²) in [5.74, 6) is -0.114. The van der Waals surface area contributed by atoms with E-state index < -0.39 is 0 Å². The maximum Gasteiger partial charge on any atom is 0.258 e. The van der Waals surface area contributed by atoms with Gasteiger partial charge in [0.25, 0.3) is 5.91 Å². The van der Waals surface area contributed by atoms with E-state index >= 15 is 0 Å². The molecule has 0 aliphatic heterocycles. The minimum atomic E-state index is -0.120. The first-order valence-corrected chi connectivity index (χ1v) is 7.22. The quantitative estimate of drug-likeness (QED) is 0.276. The first kappa shape index (κ1) is 15.3. The molecule has 0 fully saturated rings. The first-order valence-electron chi connectivity index (χ1n) is 6.14. The Morgan fingerprint density at radius 2 is 1.86 bits per heavy atom. The van der Waals surface area contributed by atoms with Gasteiger partial charge in [-0.05, 0) is 52.9 Å². The molecule has 0 aliphatic carbocycles. The monoisotopic (exact) mass is 395 g/mol. The second-order valence-corrected chi connectivity index (χ2v) is 5.66. The molecule has 2 aromatic rings. The van der Waals surface area contributed by atoms with E-state index in [2.05, 4.69) is 27.7 Å². The van der Waals surface area contributed by atoms with E-state index in [0.717, 1.165) is 3.57 Å². The van der Waals surface area contributed by atoms with Crippen LogP contribution in [-0.2, 0) is 0 Å². The second kappa shape index (κ2) is 6.57. The molecule has 5 nitrogen and oxygen atoms in total. The maximum absolute atomic E-state index is 12.5. The number of benzene rings is 2. The van der Waals surface area contributed by atoms with E-state index in [1.807, 2.05) is 18.2 Å². The SMILES string of the molecule is CN(C(=O)c1cccc(I)c1)c1cccc(C(N)=NO)c1. The average Bonchev–Trinajstić information content (AvgIpc) is 2.52. The fraction of sp³-hybridized carbons (Fsp3) is 0.0667. The predicted molar refractivity (Wildman–Crippen MR) is 90.8 cm³/mol. The Balaban J connectivity index is 2.31. The molecule has 3 N–H and O–H groups in total. The molecule has 0 bridgehead atoms. The van der Waals surface area contributed by atoms with Crippen LogP contribution in [0, 0.1) is 3.57 Å². The average molecular weight is 395 g/mol. The predicted octanol–water partition coefficient (Wildman–Crippen LogP) is 2.66. The summed E-state index contributed by atoms with van der Waals surface area (Å²) in [4.78, 5) is 14.0. The van der Waals surface area contributed by atoms with Crippen LogP contribution in [0.4, 0.5) is 5.69 Å². The van der Waals surface area contributed by atoms with Gasteiger partial charge in [0.2, 0.25) is 0 Å². The van der Waals surface area contributed by atoms with E-state index in [1.165, 1.54) is 4.90 Å². The van der Waals surface area contributed by atoms with Crippen LogP contribution in [0.5, 0.6) is 0 Å². The molecule has 108 valence electrons. The van der Waals surface area contributed by atoms with Crippen molar-refractivity contribution < 1.29 is 10.0 Å². The number of carbonyl (C=O) groups is 1. The molecule has 0 aromatic heterocycles. The Morgan fingerprint density at radius 1 is 1.19 bits per heavy atom. The third kappa shape index (κ3) is 3.52. The number of anilines is 1. The summed E-state index contributed by atoms with van der Waals surface area (Å²) in [7, 11) is 1.69. The number of carbonyl (C=O) groups excluding carboxylic acids is 1. The minimum Gasteiger partial charge on any atom is -0.409 e. The van der Waals surface area contributed by atoms with E-state index in [4.69, 9.17) is 10.9 Å². The van der Waals surface area contributed by atoms with Gasteiger partial charge in [-0.15, -0.1) is 0 Å².